The van der Waals surface area contributed by atoms with Crippen molar-refractivity contribution in [3.8, 4) is 0 Å². The molecule has 0 N–H and O–H groups in total. The highest BCUT2D eigenvalue weighted by Crippen LogP contribution is 2.36. The van der Waals surface area contributed by atoms with E-state index in [0.29, 0.717) is 11.8 Å². The summed E-state index contributed by atoms with van der Waals surface area (Å²) < 4.78 is 0. The molecule has 1 fully saturated rings. The van der Waals surface area contributed by atoms with Crippen molar-refractivity contribution in [3.05, 3.63) is 35.1 Å². The molecule has 1 heteroatoms. The van der Waals surface area contributed by atoms with E-state index in [0.717, 1.165) is 5.92 Å². The van der Waals surface area contributed by atoms with Crippen LogP contribution >= 0.6 is 0 Å². The Morgan fingerprint density at radius 2 is 2.04 bits per heavy atom. The Hall–Kier alpha value is -1.11. The quantitative estimate of drug-likeness (QED) is 0.474. The molecular formula is C22H35N. The Morgan fingerprint density at radius 1 is 1.30 bits per heavy atom. The summed E-state index contributed by atoms with van der Waals surface area (Å²) in [5.41, 5.74) is 4.33. The SMILES string of the molecule is C/C=N\C=C(/C)C1=CC(C)CC=C1C(C)CCC1CCCCC1. The molecule has 2 aliphatic carbocycles. The van der Waals surface area contributed by atoms with Gasteiger partial charge in [-0.25, -0.2) is 0 Å². The molecule has 2 aliphatic rings. The van der Waals surface area contributed by atoms with E-state index in [2.05, 4.69) is 37.9 Å². The van der Waals surface area contributed by atoms with Gasteiger partial charge in [-0.05, 0) is 67.6 Å². The van der Waals surface area contributed by atoms with Crippen LogP contribution in [0.15, 0.2) is 40.1 Å². The fourth-order valence-electron chi connectivity index (χ4n) is 4.07. The van der Waals surface area contributed by atoms with Gasteiger partial charge in [-0.15, -0.1) is 0 Å². The Labute approximate surface area is 143 Å². The molecule has 1 saturated carbocycles. The summed E-state index contributed by atoms with van der Waals surface area (Å²) in [6.07, 6.45) is 20.1. The first kappa shape index (κ1) is 18.2. The fraction of sp³-hybridized carbons (Fsp3) is 0.682. The minimum absolute atomic E-state index is 0.647. The lowest BCUT2D eigenvalue weighted by molar-refractivity contribution is 0.320. The van der Waals surface area contributed by atoms with Crippen LogP contribution in [0.5, 0.6) is 0 Å². The van der Waals surface area contributed by atoms with Crippen molar-refractivity contribution in [2.75, 3.05) is 0 Å². The summed E-state index contributed by atoms with van der Waals surface area (Å²) in [7, 11) is 0. The van der Waals surface area contributed by atoms with Crippen LogP contribution < -0.4 is 0 Å². The molecule has 23 heavy (non-hydrogen) atoms. The molecule has 0 heterocycles. The van der Waals surface area contributed by atoms with E-state index in [-0.39, 0.29) is 0 Å². The summed E-state index contributed by atoms with van der Waals surface area (Å²) in [6, 6.07) is 0. The van der Waals surface area contributed by atoms with Gasteiger partial charge in [-0.3, -0.25) is 4.99 Å². The van der Waals surface area contributed by atoms with Gasteiger partial charge in [0, 0.05) is 12.4 Å². The van der Waals surface area contributed by atoms with E-state index in [1.807, 2.05) is 19.3 Å². The van der Waals surface area contributed by atoms with Gasteiger partial charge in [-0.2, -0.15) is 0 Å². The van der Waals surface area contributed by atoms with Gasteiger partial charge in [0.15, 0.2) is 0 Å². The summed E-state index contributed by atoms with van der Waals surface area (Å²) in [4.78, 5) is 4.33. The molecule has 2 atom stereocenters. The van der Waals surface area contributed by atoms with Gasteiger partial charge in [0.2, 0.25) is 0 Å². The lowest BCUT2D eigenvalue weighted by Crippen LogP contribution is -2.12. The number of nitrogens with zero attached hydrogens (tertiary/aromatic N) is 1. The highest BCUT2D eigenvalue weighted by atomic mass is 14.7. The zero-order valence-corrected chi connectivity index (χ0v) is 15.6. The van der Waals surface area contributed by atoms with Crippen LogP contribution in [0.1, 0.15) is 79.1 Å². The second kappa shape index (κ2) is 9.25. The highest BCUT2D eigenvalue weighted by Gasteiger charge is 2.21. The number of hydrogen-bond donors (Lipinski definition) is 0. The predicted octanol–water partition coefficient (Wildman–Crippen LogP) is 6.87. The van der Waals surface area contributed by atoms with Crippen LogP contribution in [0, 0.1) is 17.8 Å². The van der Waals surface area contributed by atoms with Crippen LogP contribution in [-0.2, 0) is 0 Å². The first-order valence-electron chi connectivity index (χ1n) is 9.69. The molecular weight excluding hydrogens is 278 g/mol. The van der Waals surface area contributed by atoms with Crippen molar-refractivity contribution in [1.82, 2.24) is 0 Å². The normalized spacial score (nSPS) is 25.4. The topological polar surface area (TPSA) is 12.4 Å². The highest BCUT2D eigenvalue weighted by molar-refractivity contribution is 5.56. The molecule has 0 amide bonds. The maximum absolute atomic E-state index is 4.33. The molecule has 0 spiro atoms. The van der Waals surface area contributed by atoms with Gasteiger partial charge in [-0.1, -0.05) is 58.1 Å². The molecule has 0 aliphatic heterocycles. The van der Waals surface area contributed by atoms with Gasteiger partial charge in [0.1, 0.15) is 0 Å². The fourth-order valence-corrected chi connectivity index (χ4v) is 4.07. The van der Waals surface area contributed by atoms with Gasteiger partial charge >= 0.3 is 0 Å². The number of aliphatic imine (C=N–C) groups is 1. The maximum Gasteiger partial charge on any atom is 0.0298 e. The minimum atomic E-state index is 0.647. The summed E-state index contributed by atoms with van der Waals surface area (Å²) in [5, 5.41) is 0. The Morgan fingerprint density at radius 3 is 2.74 bits per heavy atom. The lowest BCUT2D eigenvalue weighted by Gasteiger charge is -2.27. The monoisotopic (exact) mass is 313 g/mol. The third-order valence-electron chi connectivity index (χ3n) is 5.58. The molecule has 0 aromatic heterocycles. The van der Waals surface area contributed by atoms with Crippen LogP contribution in [-0.4, -0.2) is 6.21 Å². The van der Waals surface area contributed by atoms with E-state index in [1.54, 1.807) is 5.57 Å². The lowest BCUT2D eigenvalue weighted by atomic mass is 9.78. The molecule has 2 unspecified atom stereocenters. The zero-order chi connectivity index (χ0) is 16.7. The average molecular weight is 314 g/mol. The van der Waals surface area contributed by atoms with Crippen LogP contribution in [0.3, 0.4) is 0 Å². The van der Waals surface area contributed by atoms with Crippen molar-refractivity contribution in [3.63, 3.8) is 0 Å². The van der Waals surface area contributed by atoms with E-state index >= 15 is 0 Å². The number of hydrogen-bond acceptors (Lipinski definition) is 1. The van der Waals surface area contributed by atoms with E-state index in [4.69, 9.17) is 0 Å². The maximum atomic E-state index is 4.33. The molecule has 0 bridgehead atoms. The summed E-state index contributed by atoms with van der Waals surface area (Å²) in [5.74, 6) is 2.31. The zero-order valence-electron chi connectivity index (χ0n) is 15.6. The molecule has 0 aromatic carbocycles. The average Bonchev–Trinajstić information content (AvgIpc) is 2.58. The number of allylic oxidation sites excluding steroid dienone is 5. The smallest absolute Gasteiger partial charge is 0.0298 e. The van der Waals surface area contributed by atoms with Crippen LogP contribution in [0.4, 0.5) is 0 Å². The largest absolute Gasteiger partial charge is 0.269 e. The Balaban J connectivity index is 2.01. The summed E-state index contributed by atoms with van der Waals surface area (Å²) in [6.45, 7) is 8.93. The minimum Gasteiger partial charge on any atom is -0.269 e. The molecule has 0 radical (unpaired) electrons. The molecule has 0 saturated heterocycles. The molecule has 128 valence electrons. The van der Waals surface area contributed by atoms with Crippen molar-refractivity contribution in [1.29, 1.82) is 0 Å². The first-order chi connectivity index (χ1) is 11.1. The summed E-state index contributed by atoms with van der Waals surface area (Å²) >= 11 is 0. The second-order valence-corrected chi connectivity index (χ2v) is 7.65. The first-order valence-corrected chi connectivity index (χ1v) is 9.69. The van der Waals surface area contributed by atoms with Crippen molar-refractivity contribution in [2.24, 2.45) is 22.7 Å². The molecule has 1 nitrogen and oxygen atoms in total. The third-order valence-corrected chi connectivity index (χ3v) is 5.58. The van der Waals surface area contributed by atoms with Gasteiger partial charge in [0.05, 0.1) is 0 Å². The van der Waals surface area contributed by atoms with E-state index < -0.39 is 0 Å². The van der Waals surface area contributed by atoms with Gasteiger partial charge < -0.3 is 0 Å². The Bertz CT molecular complexity index is 486. The van der Waals surface area contributed by atoms with Crippen molar-refractivity contribution < 1.29 is 0 Å². The standard InChI is InChI=1S/C22H35N/c1-5-23-16-19(4)22-15-17(2)11-14-21(22)18(3)12-13-20-9-7-6-8-10-20/h5,14-18,20H,6-13H2,1-4H3/b19-16+,23-5-. The van der Waals surface area contributed by atoms with Crippen LogP contribution in [0.2, 0.25) is 0 Å². The van der Waals surface area contributed by atoms with E-state index in [1.165, 1.54) is 62.5 Å². The van der Waals surface area contributed by atoms with Gasteiger partial charge in [0.25, 0.3) is 0 Å². The van der Waals surface area contributed by atoms with Crippen LogP contribution in [0.25, 0.3) is 0 Å². The van der Waals surface area contributed by atoms with Crippen molar-refractivity contribution in [2.45, 2.75) is 79.1 Å². The number of rotatable bonds is 6. The molecule has 0 aromatic rings. The predicted molar refractivity (Wildman–Crippen MR) is 103 cm³/mol. The van der Waals surface area contributed by atoms with Crippen molar-refractivity contribution >= 4 is 6.21 Å². The third kappa shape index (κ3) is 5.48. The Kier molecular flexibility index (Phi) is 7.33. The van der Waals surface area contributed by atoms with E-state index in [9.17, 15) is 0 Å². The molecule has 2 rings (SSSR count). The second-order valence-electron chi connectivity index (χ2n) is 7.65.